The SMILES string of the molecule is CCN(CC)c1ccc2c(-c3c(F)ccc(S(=O)(=O)[O-])c3F)c3ccc(=[N+](CC)CC)cc-3oc2c1. The Morgan fingerprint density at radius 3 is 2.22 bits per heavy atom. The summed E-state index contributed by atoms with van der Waals surface area (Å²) in [6.45, 7) is 11.1. The zero-order chi connectivity index (χ0) is 26.2. The summed E-state index contributed by atoms with van der Waals surface area (Å²) < 4.78 is 74.2. The molecule has 2 aliphatic rings. The highest BCUT2D eigenvalue weighted by Crippen LogP contribution is 2.43. The van der Waals surface area contributed by atoms with Crippen molar-refractivity contribution in [2.45, 2.75) is 32.6 Å². The molecule has 1 aliphatic carbocycles. The number of benzene rings is 3. The van der Waals surface area contributed by atoms with E-state index in [-0.39, 0.29) is 5.56 Å². The van der Waals surface area contributed by atoms with Crippen LogP contribution in [0.15, 0.2) is 57.8 Å². The summed E-state index contributed by atoms with van der Waals surface area (Å²) in [5.74, 6) is -2.01. The molecule has 0 radical (unpaired) electrons. The van der Waals surface area contributed by atoms with E-state index in [0.29, 0.717) is 28.4 Å². The molecule has 4 rings (SSSR count). The maximum atomic E-state index is 15.5. The fourth-order valence-corrected chi connectivity index (χ4v) is 5.22. The molecule has 190 valence electrons. The monoisotopic (exact) mass is 514 g/mol. The number of fused-ring (bicyclic) bond motifs is 2. The van der Waals surface area contributed by atoms with Crippen LogP contribution in [0.1, 0.15) is 27.7 Å². The lowest BCUT2D eigenvalue weighted by atomic mass is 9.92. The van der Waals surface area contributed by atoms with Gasteiger partial charge in [0.05, 0.1) is 16.5 Å². The van der Waals surface area contributed by atoms with E-state index in [4.69, 9.17) is 4.42 Å². The minimum atomic E-state index is -5.17. The van der Waals surface area contributed by atoms with Gasteiger partial charge >= 0.3 is 0 Å². The molecule has 0 amide bonds. The number of anilines is 1. The highest BCUT2D eigenvalue weighted by atomic mass is 32.2. The molecule has 1 aliphatic heterocycles. The molecular weight excluding hydrogens is 486 g/mol. The van der Waals surface area contributed by atoms with E-state index in [1.54, 1.807) is 24.3 Å². The molecular formula is C27H28F2N2O4S. The fraction of sp³-hybridized carbons (Fsp3) is 0.296. The molecule has 36 heavy (non-hydrogen) atoms. The van der Waals surface area contributed by atoms with Gasteiger partial charge in [0.15, 0.2) is 5.82 Å². The standard InChI is InChI=1S/C27H28F2N2O4S/c1-5-30(6-2)17-9-11-19-22(15-17)35-23-16-18(31(7-3)8-4)10-12-20(23)25(19)26-21(28)13-14-24(27(26)29)36(32,33)34/h9-16H,5-8H2,1-4H3. The van der Waals surface area contributed by atoms with Crippen molar-refractivity contribution >= 4 is 26.8 Å². The van der Waals surface area contributed by atoms with Gasteiger partial charge < -0.3 is 13.9 Å². The van der Waals surface area contributed by atoms with Crippen LogP contribution in [-0.4, -0.2) is 39.1 Å². The van der Waals surface area contributed by atoms with Crippen LogP contribution in [0, 0.1) is 11.6 Å². The first kappa shape index (κ1) is 25.8. The normalized spacial score (nSPS) is 11.9. The Hall–Kier alpha value is -3.30. The minimum absolute atomic E-state index is 0.129. The van der Waals surface area contributed by atoms with E-state index in [0.717, 1.165) is 43.3 Å². The molecule has 0 unspecified atom stereocenters. The van der Waals surface area contributed by atoms with Gasteiger partial charge in [0.25, 0.3) is 0 Å². The van der Waals surface area contributed by atoms with Gasteiger partial charge in [-0.1, -0.05) is 0 Å². The van der Waals surface area contributed by atoms with E-state index < -0.39 is 32.2 Å². The molecule has 0 N–H and O–H groups in total. The van der Waals surface area contributed by atoms with Crippen LogP contribution in [-0.2, 0) is 10.1 Å². The molecule has 0 fully saturated rings. The Kier molecular flexibility index (Phi) is 7.15. The molecule has 0 saturated carbocycles. The van der Waals surface area contributed by atoms with E-state index in [1.807, 2.05) is 39.8 Å². The maximum absolute atomic E-state index is 15.5. The van der Waals surface area contributed by atoms with Crippen molar-refractivity contribution in [3.8, 4) is 22.5 Å². The molecule has 0 saturated heterocycles. The van der Waals surface area contributed by atoms with Crippen LogP contribution in [0.4, 0.5) is 14.5 Å². The van der Waals surface area contributed by atoms with E-state index >= 15 is 8.78 Å². The largest absolute Gasteiger partial charge is 0.744 e. The topological polar surface area (TPSA) is 76.6 Å². The zero-order valence-corrected chi connectivity index (χ0v) is 21.5. The summed E-state index contributed by atoms with van der Waals surface area (Å²) >= 11 is 0. The Morgan fingerprint density at radius 2 is 1.61 bits per heavy atom. The highest BCUT2D eigenvalue weighted by molar-refractivity contribution is 7.85. The van der Waals surface area contributed by atoms with Crippen molar-refractivity contribution in [3.63, 3.8) is 0 Å². The third-order valence-corrected chi connectivity index (χ3v) is 7.38. The molecule has 0 aromatic heterocycles. The molecule has 2 aromatic carbocycles. The average Bonchev–Trinajstić information content (AvgIpc) is 2.84. The number of halogens is 2. The van der Waals surface area contributed by atoms with Crippen LogP contribution in [0.3, 0.4) is 0 Å². The Morgan fingerprint density at radius 1 is 0.917 bits per heavy atom. The van der Waals surface area contributed by atoms with Crippen LogP contribution < -0.4 is 14.8 Å². The van der Waals surface area contributed by atoms with Crippen LogP contribution in [0.25, 0.3) is 33.4 Å². The quantitative estimate of drug-likeness (QED) is 0.196. The lowest BCUT2D eigenvalue weighted by Gasteiger charge is -2.22. The maximum Gasteiger partial charge on any atom is 0.203 e. The molecule has 0 atom stereocenters. The second kappa shape index (κ2) is 9.99. The van der Waals surface area contributed by atoms with Crippen LogP contribution >= 0.6 is 0 Å². The summed E-state index contributed by atoms with van der Waals surface area (Å²) in [7, 11) is -5.17. The van der Waals surface area contributed by atoms with E-state index in [1.165, 1.54) is 0 Å². The average molecular weight is 515 g/mol. The second-order valence-corrected chi connectivity index (χ2v) is 9.72. The van der Waals surface area contributed by atoms with Gasteiger partial charge in [0.1, 0.15) is 40.4 Å². The lowest BCUT2D eigenvalue weighted by molar-refractivity contribution is 0.454. The summed E-state index contributed by atoms with van der Waals surface area (Å²) in [4.78, 5) is 1.01. The van der Waals surface area contributed by atoms with Gasteiger partial charge in [-0.15, -0.1) is 0 Å². The third kappa shape index (κ3) is 4.49. The summed E-state index contributed by atoms with van der Waals surface area (Å²) in [5, 5.41) is 1.27. The number of hydrogen-bond acceptors (Lipinski definition) is 5. The van der Waals surface area contributed by atoms with Gasteiger partial charge in [0, 0.05) is 47.4 Å². The van der Waals surface area contributed by atoms with E-state index in [9.17, 15) is 13.0 Å². The van der Waals surface area contributed by atoms with E-state index in [2.05, 4.69) is 9.48 Å². The predicted molar refractivity (Wildman–Crippen MR) is 136 cm³/mol. The molecule has 6 nitrogen and oxygen atoms in total. The molecule has 0 spiro atoms. The predicted octanol–water partition coefficient (Wildman–Crippen LogP) is 5.05. The summed E-state index contributed by atoms with van der Waals surface area (Å²) in [5.41, 5.74) is 1.20. The first-order chi connectivity index (χ1) is 17.1. The van der Waals surface area contributed by atoms with Crippen molar-refractivity contribution in [2.75, 3.05) is 31.1 Å². The van der Waals surface area contributed by atoms with Crippen LogP contribution in [0.2, 0.25) is 0 Å². The Balaban J connectivity index is 2.19. The zero-order valence-electron chi connectivity index (χ0n) is 20.6. The fourth-order valence-electron chi connectivity index (χ4n) is 4.66. The van der Waals surface area contributed by atoms with Gasteiger partial charge in [-0.25, -0.2) is 21.8 Å². The lowest BCUT2D eigenvalue weighted by Crippen LogP contribution is -2.29. The Labute approximate surface area is 209 Å². The Bertz CT molecular complexity index is 1590. The first-order valence-corrected chi connectivity index (χ1v) is 13.3. The number of nitrogens with zero attached hydrogens (tertiary/aromatic N) is 2. The number of rotatable bonds is 7. The summed E-state index contributed by atoms with van der Waals surface area (Å²) in [6.07, 6.45) is 0. The smallest absolute Gasteiger partial charge is 0.203 e. The van der Waals surface area contributed by atoms with Crippen molar-refractivity contribution in [2.24, 2.45) is 0 Å². The molecule has 1 heterocycles. The summed E-state index contributed by atoms with van der Waals surface area (Å²) in [6, 6.07) is 12.1. The minimum Gasteiger partial charge on any atom is -0.744 e. The third-order valence-electron chi connectivity index (χ3n) is 6.52. The van der Waals surface area contributed by atoms with Crippen LogP contribution in [0.5, 0.6) is 0 Å². The first-order valence-electron chi connectivity index (χ1n) is 11.9. The molecule has 9 heteroatoms. The van der Waals surface area contributed by atoms with Gasteiger partial charge in [-0.3, -0.25) is 0 Å². The number of hydrogen-bond donors (Lipinski definition) is 0. The van der Waals surface area contributed by atoms with Gasteiger partial charge in [-0.2, -0.15) is 0 Å². The second-order valence-electron chi connectivity index (χ2n) is 8.37. The van der Waals surface area contributed by atoms with Crippen molar-refractivity contribution < 1.29 is 26.2 Å². The van der Waals surface area contributed by atoms with Crippen molar-refractivity contribution in [1.82, 2.24) is 4.58 Å². The highest BCUT2D eigenvalue weighted by Gasteiger charge is 2.26. The van der Waals surface area contributed by atoms with Crippen molar-refractivity contribution in [1.29, 1.82) is 0 Å². The molecule has 0 bridgehead atoms. The van der Waals surface area contributed by atoms with Crippen molar-refractivity contribution in [3.05, 3.63) is 65.5 Å². The van der Waals surface area contributed by atoms with Gasteiger partial charge in [-0.05, 0) is 58.0 Å². The van der Waals surface area contributed by atoms with Gasteiger partial charge in [0.2, 0.25) is 5.36 Å². The molecule has 2 aromatic rings.